The number of aliphatic hydroxyl groups excluding tert-OH is 2. The molecule has 12 nitrogen and oxygen atoms in total. The first kappa shape index (κ1) is 28.0. The smallest absolute Gasteiger partial charge is 0.350 e. The van der Waals surface area contributed by atoms with E-state index < -0.39 is 66.2 Å². The molecular formula is C26H26O12. The van der Waals surface area contributed by atoms with Gasteiger partial charge in [-0.3, -0.25) is 0 Å². The second-order valence-electron chi connectivity index (χ2n) is 8.51. The number of carbonyl (C=O) groups is 3. The normalized spacial score (nSPS) is 23.3. The van der Waals surface area contributed by atoms with Crippen molar-refractivity contribution >= 4 is 30.1 Å². The van der Waals surface area contributed by atoms with Gasteiger partial charge < -0.3 is 44.8 Å². The van der Waals surface area contributed by atoms with Crippen molar-refractivity contribution < 1.29 is 59.2 Å². The number of phenols is 4. The summed E-state index contributed by atoms with van der Waals surface area (Å²) < 4.78 is 15.2. The fourth-order valence-corrected chi connectivity index (χ4v) is 3.90. The van der Waals surface area contributed by atoms with Gasteiger partial charge in [0, 0.05) is 25.0 Å². The van der Waals surface area contributed by atoms with Crippen molar-refractivity contribution in [2.75, 3.05) is 7.11 Å². The minimum Gasteiger partial charge on any atom is -0.504 e. The van der Waals surface area contributed by atoms with E-state index in [9.17, 15) is 45.0 Å². The van der Waals surface area contributed by atoms with Crippen LogP contribution < -0.4 is 0 Å². The van der Waals surface area contributed by atoms with Crippen LogP contribution in [0.4, 0.5) is 0 Å². The Hall–Kier alpha value is -4.55. The summed E-state index contributed by atoms with van der Waals surface area (Å²) in [5.74, 6) is -4.55. The summed E-state index contributed by atoms with van der Waals surface area (Å²) in [4.78, 5) is 37.3. The lowest BCUT2D eigenvalue weighted by Gasteiger charge is -2.41. The number of methoxy groups -OCH3 is 1. The molecule has 2 unspecified atom stereocenters. The van der Waals surface area contributed by atoms with Crippen molar-refractivity contribution in [2.45, 2.75) is 36.8 Å². The predicted molar refractivity (Wildman–Crippen MR) is 130 cm³/mol. The first-order valence-corrected chi connectivity index (χ1v) is 11.2. The maximum atomic E-state index is 12.5. The zero-order valence-corrected chi connectivity index (χ0v) is 20.1. The van der Waals surface area contributed by atoms with E-state index >= 15 is 0 Å². The lowest BCUT2D eigenvalue weighted by molar-refractivity contribution is -0.209. The maximum absolute atomic E-state index is 12.5. The second kappa shape index (κ2) is 11.7. The van der Waals surface area contributed by atoms with Crippen molar-refractivity contribution in [2.24, 2.45) is 0 Å². The molecule has 0 bridgehead atoms. The highest BCUT2D eigenvalue weighted by molar-refractivity contribution is 5.91. The third-order valence-corrected chi connectivity index (χ3v) is 5.76. The van der Waals surface area contributed by atoms with Crippen molar-refractivity contribution in [1.29, 1.82) is 0 Å². The summed E-state index contributed by atoms with van der Waals surface area (Å²) in [5.41, 5.74) is -1.40. The van der Waals surface area contributed by atoms with Gasteiger partial charge in [0.05, 0.1) is 19.3 Å². The van der Waals surface area contributed by atoms with Gasteiger partial charge in [-0.2, -0.15) is 0 Å². The Bertz CT molecular complexity index is 1250. The van der Waals surface area contributed by atoms with Crippen LogP contribution in [0.2, 0.25) is 0 Å². The van der Waals surface area contributed by atoms with Crippen LogP contribution in [0, 0.1) is 0 Å². The van der Waals surface area contributed by atoms with Crippen LogP contribution in [0.1, 0.15) is 24.0 Å². The largest absolute Gasteiger partial charge is 0.504 e. The summed E-state index contributed by atoms with van der Waals surface area (Å²) in [6.45, 7) is 0. The van der Waals surface area contributed by atoms with E-state index in [4.69, 9.17) is 14.2 Å². The number of aliphatic hydroxyl groups is 2. The Balaban J connectivity index is 1.69. The molecule has 1 fully saturated rings. The highest BCUT2D eigenvalue weighted by Gasteiger charge is 2.54. The number of esters is 3. The number of aromatic hydroxyl groups is 4. The molecule has 2 aromatic rings. The summed E-state index contributed by atoms with van der Waals surface area (Å²) in [6, 6.07) is 7.62. The number of rotatable bonds is 7. The number of phenolic OH excluding ortho intramolecular Hbond substituents is 4. The quantitative estimate of drug-likeness (QED) is 0.129. The molecule has 1 saturated carbocycles. The number of carbonyl (C=O) groups excluding carboxylic acids is 3. The Labute approximate surface area is 216 Å². The van der Waals surface area contributed by atoms with Crippen LogP contribution in [0.25, 0.3) is 12.2 Å². The van der Waals surface area contributed by atoms with Crippen LogP contribution in [-0.2, 0) is 28.6 Å². The van der Waals surface area contributed by atoms with E-state index in [-0.39, 0.29) is 11.5 Å². The molecule has 0 aliphatic heterocycles. The molecule has 1 aliphatic carbocycles. The van der Waals surface area contributed by atoms with Gasteiger partial charge in [0.1, 0.15) is 0 Å². The van der Waals surface area contributed by atoms with Crippen LogP contribution >= 0.6 is 0 Å². The van der Waals surface area contributed by atoms with Gasteiger partial charge >= 0.3 is 17.9 Å². The average Bonchev–Trinajstić information content (AvgIpc) is 2.87. The van der Waals surface area contributed by atoms with Crippen molar-refractivity contribution in [1.82, 2.24) is 0 Å². The van der Waals surface area contributed by atoms with E-state index in [0.717, 1.165) is 19.3 Å². The molecule has 6 N–H and O–H groups in total. The van der Waals surface area contributed by atoms with Gasteiger partial charge in [-0.15, -0.1) is 0 Å². The van der Waals surface area contributed by atoms with E-state index in [1.54, 1.807) is 0 Å². The molecule has 2 aromatic carbocycles. The van der Waals surface area contributed by atoms with Crippen molar-refractivity contribution in [3.63, 3.8) is 0 Å². The fraction of sp³-hybridized carbons (Fsp3) is 0.269. The highest BCUT2D eigenvalue weighted by atomic mass is 16.6. The lowest BCUT2D eigenvalue weighted by Crippen LogP contribution is -2.59. The molecule has 0 saturated heterocycles. The van der Waals surface area contributed by atoms with Gasteiger partial charge in [-0.05, 0) is 47.5 Å². The first-order chi connectivity index (χ1) is 17.9. The number of benzene rings is 2. The molecule has 4 atom stereocenters. The Morgan fingerprint density at radius 2 is 1.26 bits per heavy atom. The van der Waals surface area contributed by atoms with Crippen LogP contribution in [0.15, 0.2) is 48.6 Å². The van der Waals surface area contributed by atoms with Gasteiger partial charge in [-0.1, -0.05) is 12.1 Å². The predicted octanol–water partition coefficient (Wildman–Crippen LogP) is 1.12. The minimum atomic E-state index is -2.09. The fourth-order valence-electron chi connectivity index (χ4n) is 3.90. The highest BCUT2D eigenvalue weighted by Crippen LogP contribution is 2.36. The monoisotopic (exact) mass is 530 g/mol. The zero-order chi connectivity index (χ0) is 28.0. The molecule has 0 radical (unpaired) electrons. The molecule has 0 spiro atoms. The molecule has 202 valence electrons. The maximum Gasteiger partial charge on any atom is 0.350 e. The minimum absolute atomic E-state index is 0.329. The van der Waals surface area contributed by atoms with Crippen LogP contribution in [0.3, 0.4) is 0 Å². The van der Waals surface area contributed by atoms with E-state index in [0.29, 0.717) is 11.1 Å². The van der Waals surface area contributed by atoms with Crippen molar-refractivity contribution in [3.8, 4) is 23.0 Å². The van der Waals surface area contributed by atoms with Gasteiger partial charge in [0.25, 0.3) is 0 Å². The van der Waals surface area contributed by atoms with Crippen LogP contribution in [0.5, 0.6) is 23.0 Å². The molecule has 0 amide bonds. The third kappa shape index (κ3) is 6.60. The van der Waals surface area contributed by atoms with Gasteiger partial charge in [-0.25, -0.2) is 14.4 Å². The zero-order valence-electron chi connectivity index (χ0n) is 20.1. The third-order valence-electron chi connectivity index (χ3n) is 5.76. The SMILES string of the molecule is COC(=O)C1(OC(=O)/C=C/c2ccc(O)c(O)c2)C[C@@H](O)C(OC(=O)/C=C/c2ccc(O)c(O)c2)[C@@H](O)C1. The van der Waals surface area contributed by atoms with E-state index in [1.807, 2.05) is 0 Å². The standard InChI is InChI=1S/C26H26O12/c1-36-25(35)26(38-23(34)9-5-15-3-7-17(28)19(30)11-15)12-20(31)24(21(32)13-26)37-22(33)8-4-14-2-6-16(27)18(29)10-14/h2-11,20-21,24,27-32H,12-13H2,1H3/b8-4+,9-5+/t20-,21+,24?,26?. The van der Waals surface area contributed by atoms with Crippen molar-refractivity contribution in [3.05, 3.63) is 59.7 Å². The molecule has 3 rings (SSSR count). The Morgan fingerprint density at radius 3 is 1.71 bits per heavy atom. The topological polar surface area (TPSA) is 200 Å². The number of hydrogen-bond donors (Lipinski definition) is 6. The number of hydrogen-bond acceptors (Lipinski definition) is 12. The Kier molecular flexibility index (Phi) is 8.61. The van der Waals surface area contributed by atoms with E-state index in [1.165, 1.54) is 48.6 Å². The average molecular weight is 530 g/mol. The summed E-state index contributed by atoms with van der Waals surface area (Å²) in [6.07, 6.45) is -1.40. The molecular weight excluding hydrogens is 504 g/mol. The molecule has 0 aromatic heterocycles. The van der Waals surface area contributed by atoms with Gasteiger partial charge in [0.15, 0.2) is 29.1 Å². The van der Waals surface area contributed by atoms with E-state index in [2.05, 4.69) is 0 Å². The summed E-state index contributed by atoms with van der Waals surface area (Å²) >= 11 is 0. The first-order valence-electron chi connectivity index (χ1n) is 11.2. The molecule has 38 heavy (non-hydrogen) atoms. The molecule has 0 heterocycles. The van der Waals surface area contributed by atoms with Gasteiger partial charge in [0.2, 0.25) is 5.60 Å². The Morgan fingerprint density at radius 1 is 0.789 bits per heavy atom. The lowest BCUT2D eigenvalue weighted by atomic mass is 9.79. The second-order valence-corrected chi connectivity index (χ2v) is 8.51. The summed E-state index contributed by atoms with van der Waals surface area (Å²) in [7, 11) is 1.03. The molecule has 12 heteroatoms. The van der Waals surface area contributed by atoms with Crippen LogP contribution in [-0.4, -0.2) is 79.6 Å². The summed E-state index contributed by atoms with van der Waals surface area (Å²) in [5, 5.41) is 59.0. The number of ether oxygens (including phenoxy) is 3. The molecule has 1 aliphatic rings.